The number of halogens is 1. The molecule has 2 aromatic heterocycles. The average Bonchev–Trinajstić information content (AvgIpc) is 3.27. The zero-order valence-corrected chi connectivity index (χ0v) is 22.4. The van der Waals surface area contributed by atoms with Gasteiger partial charge in [-0.1, -0.05) is 20.8 Å². The summed E-state index contributed by atoms with van der Waals surface area (Å²) in [6, 6.07) is 7.26. The Morgan fingerprint density at radius 1 is 1.24 bits per heavy atom. The SMILES string of the molecule is CN=C1CCCc2c(F)ccc(-c3ccc4ncc(CNC)n4c3)c2OCC/C1=C(/N)C(O)C(C)(C)C. The summed E-state index contributed by atoms with van der Waals surface area (Å²) < 4.78 is 23.5. The number of fused-ring (bicyclic) bond motifs is 2. The minimum Gasteiger partial charge on any atom is -0.492 e. The van der Waals surface area contributed by atoms with Gasteiger partial charge in [0.2, 0.25) is 0 Å². The first-order chi connectivity index (χ1) is 17.7. The Hall–Kier alpha value is -3.23. The zero-order valence-electron chi connectivity index (χ0n) is 22.4. The van der Waals surface area contributed by atoms with Crippen molar-refractivity contribution in [2.75, 3.05) is 20.7 Å². The van der Waals surface area contributed by atoms with E-state index in [0.717, 1.165) is 33.8 Å². The molecule has 1 unspecified atom stereocenters. The lowest BCUT2D eigenvalue weighted by Gasteiger charge is -2.29. The van der Waals surface area contributed by atoms with E-state index in [2.05, 4.69) is 15.3 Å². The van der Waals surface area contributed by atoms with E-state index in [4.69, 9.17) is 10.5 Å². The third-order valence-corrected chi connectivity index (χ3v) is 6.97. The first-order valence-electron chi connectivity index (χ1n) is 12.8. The van der Waals surface area contributed by atoms with Crippen molar-refractivity contribution in [3.8, 4) is 16.9 Å². The summed E-state index contributed by atoms with van der Waals surface area (Å²) in [7, 11) is 3.63. The number of nitrogens with one attached hydrogen (secondary N) is 1. The summed E-state index contributed by atoms with van der Waals surface area (Å²) >= 11 is 0. The van der Waals surface area contributed by atoms with E-state index >= 15 is 4.39 Å². The smallest absolute Gasteiger partial charge is 0.136 e. The second kappa shape index (κ2) is 11.0. The third-order valence-electron chi connectivity index (χ3n) is 6.97. The van der Waals surface area contributed by atoms with Crippen LogP contribution >= 0.6 is 0 Å². The minimum atomic E-state index is -0.809. The number of nitrogens with zero attached hydrogens (tertiary/aromatic N) is 3. The van der Waals surface area contributed by atoms with Crippen LogP contribution in [0.1, 0.15) is 51.3 Å². The lowest BCUT2D eigenvalue weighted by molar-refractivity contribution is 0.0926. The van der Waals surface area contributed by atoms with Gasteiger partial charge in [-0.3, -0.25) is 4.99 Å². The van der Waals surface area contributed by atoms with Crippen LogP contribution in [0.25, 0.3) is 16.8 Å². The van der Waals surface area contributed by atoms with Gasteiger partial charge in [-0.05, 0) is 61.6 Å². The number of hydrogen-bond acceptors (Lipinski definition) is 6. The molecule has 0 saturated carbocycles. The fourth-order valence-electron chi connectivity index (χ4n) is 4.90. The molecule has 198 valence electrons. The van der Waals surface area contributed by atoms with E-state index < -0.39 is 11.5 Å². The van der Waals surface area contributed by atoms with Crippen molar-refractivity contribution in [3.05, 3.63) is 65.0 Å². The highest BCUT2D eigenvalue weighted by Crippen LogP contribution is 2.37. The molecule has 3 aromatic rings. The summed E-state index contributed by atoms with van der Waals surface area (Å²) in [6.07, 6.45) is 5.35. The third kappa shape index (κ3) is 5.55. The Morgan fingerprint density at radius 2 is 2.03 bits per heavy atom. The summed E-state index contributed by atoms with van der Waals surface area (Å²) in [4.78, 5) is 8.96. The van der Waals surface area contributed by atoms with Gasteiger partial charge in [0.15, 0.2) is 0 Å². The molecular weight excluding hydrogens is 469 g/mol. The number of hydrogen-bond donors (Lipinski definition) is 3. The molecule has 3 heterocycles. The van der Waals surface area contributed by atoms with Crippen LogP contribution in [0.2, 0.25) is 0 Å². The van der Waals surface area contributed by atoms with E-state index in [0.29, 0.717) is 49.2 Å². The monoisotopic (exact) mass is 507 g/mol. The van der Waals surface area contributed by atoms with Crippen molar-refractivity contribution in [1.82, 2.24) is 14.7 Å². The Balaban J connectivity index is 1.75. The van der Waals surface area contributed by atoms with E-state index in [1.165, 1.54) is 6.07 Å². The lowest BCUT2D eigenvalue weighted by Crippen LogP contribution is -2.34. The molecule has 1 atom stereocenters. The van der Waals surface area contributed by atoms with Gasteiger partial charge in [-0.25, -0.2) is 9.37 Å². The molecule has 0 saturated heterocycles. The van der Waals surface area contributed by atoms with Crippen LogP contribution in [-0.2, 0) is 13.0 Å². The Bertz CT molecular complexity index is 1340. The number of nitrogens with two attached hydrogens (primary N) is 1. The van der Waals surface area contributed by atoms with Gasteiger partial charge in [0.05, 0.1) is 24.6 Å². The largest absolute Gasteiger partial charge is 0.492 e. The van der Waals surface area contributed by atoms with Crippen LogP contribution in [0.5, 0.6) is 5.75 Å². The van der Waals surface area contributed by atoms with Crippen LogP contribution in [0.15, 0.2) is 52.9 Å². The van der Waals surface area contributed by atoms with Gasteiger partial charge in [0, 0.05) is 54.3 Å². The van der Waals surface area contributed by atoms with Gasteiger partial charge in [0.25, 0.3) is 0 Å². The second-order valence-electron chi connectivity index (χ2n) is 10.7. The fraction of sp³-hybridized carbons (Fsp3) is 0.448. The normalized spacial score (nSPS) is 18.4. The summed E-state index contributed by atoms with van der Waals surface area (Å²) in [6.45, 7) is 6.83. The number of imidazole rings is 1. The number of rotatable bonds is 4. The molecule has 0 spiro atoms. The molecule has 0 radical (unpaired) electrons. The van der Waals surface area contributed by atoms with Crippen LogP contribution in [0.3, 0.4) is 0 Å². The standard InChI is InChI=1S/C29H38FN5O2/c1-29(2,3)28(36)26(31)22-13-14-37-27-20(10-11-23(30)21(27)7-6-8-24(22)33-5)18-9-12-25-34-16-19(15-32-4)35(25)17-18/h9-12,16-17,28,32,36H,6-8,13-15,31H2,1-5H3/b26-22-,33-24?. The van der Waals surface area contributed by atoms with Crippen LogP contribution in [-0.4, -0.2) is 47.0 Å². The van der Waals surface area contributed by atoms with Crippen LogP contribution < -0.4 is 15.8 Å². The molecule has 4 rings (SSSR count). The Morgan fingerprint density at radius 3 is 2.73 bits per heavy atom. The summed E-state index contributed by atoms with van der Waals surface area (Å²) in [5.74, 6) is 0.285. The average molecular weight is 508 g/mol. The van der Waals surface area contributed by atoms with E-state index in [-0.39, 0.29) is 12.4 Å². The summed E-state index contributed by atoms with van der Waals surface area (Å²) in [5.41, 5.74) is 12.4. The predicted octanol–water partition coefficient (Wildman–Crippen LogP) is 4.66. The molecule has 37 heavy (non-hydrogen) atoms. The molecule has 0 bridgehead atoms. The quantitative estimate of drug-likeness (QED) is 0.477. The molecule has 8 heteroatoms. The maximum Gasteiger partial charge on any atom is 0.136 e. The molecule has 0 fully saturated rings. The van der Waals surface area contributed by atoms with Gasteiger partial charge in [0.1, 0.15) is 17.2 Å². The van der Waals surface area contributed by atoms with Crippen molar-refractivity contribution in [3.63, 3.8) is 0 Å². The highest BCUT2D eigenvalue weighted by Gasteiger charge is 2.28. The molecule has 1 aromatic carbocycles. The van der Waals surface area contributed by atoms with Crippen LogP contribution in [0.4, 0.5) is 4.39 Å². The lowest BCUT2D eigenvalue weighted by atomic mass is 9.84. The topological polar surface area (TPSA) is 97.2 Å². The number of ether oxygens (including phenoxy) is 1. The first kappa shape index (κ1) is 26.8. The van der Waals surface area contributed by atoms with Crippen molar-refractivity contribution >= 4 is 11.4 Å². The van der Waals surface area contributed by atoms with Crippen molar-refractivity contribution in [2.24, 2.45) is 16.1 Å². The molecule has 7 nitrogen and oxygen atoms in total. The Labute approximate surface area is 218 Å². The predicted molar refractivity (Wildman–Crippen MR) is 146 cm³/mol. The maximum absolute atomic E-state index is 15.1. The van der Waals surface area contributed by atoms with Gasteiger partial charge in [-0.2, -0.15) is 0 Å². The molecule has 1 aliphatic heterocycles. The van der Waals surface area contributed by atoms with Gasteiger partial charge < -0.3 is 25.3 Å². The van der Waals surface area contributed by atoms with Crippen LogP contribution in [0, 0.1) is 11.2 Å². The highest BCUT2D eigenvalue weighted by molar-refractivity contribution is 6.00. The molecule has 0 aliphatic carbocycles. The first-order valence-corrected chi connectivity index (χ1v) is 12.8. The molecule has 0 amide bonds. The number of pyridine rings is 1. The number of benzene rings is 1. The number of aliphatic hydroxyl groups is 1. The molecule has 1 aliphatic rings. The minimum absolute atomic E-state index is 0.271. The number of aliphatic hydroxyl groups excluding tert-OH is 1. The zero-order chi connectivity index (χ0) is 26.7. The highest BCUT2D eigenvalue weighted by atomic mass is 19.1. The maximum atomic E-state index is 15.1. The van der Waals surface area contributed by atoms with E-state index in [1.807, 2.05) is 56.7 Å². The second-order valence-corrected chi connectivity index (χ2v) is 10.7. The van der Waals surface area contributed by atoms with Crippen molar-refractivity contribution in [1.29, 1.82) is 0 Å². The number of aliphatic imine (C=N–C) groups is 1. The van der Waals surface area contributed by atoms with E-state index in [1.54, 1.807) is 13.1 Å². The van der Waals surface area contributed by atoms with Gasteiger partial charge in [-0.15, -0.1) is 0 Å². The fourth-order valence-corrected chi connectivity index (χ4v) is 4.90. The Kier molecular flexibility index (Phi) is 7.99. The summed E-state index contributed by atoms with van der Waals surface area (Å²) in [5, 5.41) is 14.1. The van der Waals surface area contributed by atoms with Crippen molar-refractivity contribution < 1.29 is 14.2 Å². The molecular formula is C29H38FN5O2. The van der Waals surface area contributed by atoms with Crippen molar-refractivity contribution in [2.45, 2.75) is 59.1 Å². The number of aromatic nitrogens is 2. The molecule has 4 N–H and O–H groups in total. The van der Waals surface area contributed by atoms with E-state index in [9.17, 15) is 5.11 Å². The van der Waals surface area contributed by atoms with Gasteiger partial charge >= 0.3 is 0 Å².